The van der Waals surface area contributed by atoms with Crippen molar-refractivity contribution in [1.29, 1.82) is 0 Å². The van der Waals surface area contributed by atoms with Crippen molar-refractivity contribution in [1.82, 2.24) is 0 Å². The number of carbonyl (C=O) groups is 1. The van der Waals surface area contributed by atoms with E-state index in [-0.39, 0.29) is 19.0 Å². The normalized spacial score (nSPS) is 11.0. The van der Waals surface area contributed by atoms with E-state index in [1.54, 1.807) is 31.2 Å². The largest absolute Gasteiger partial charge is 0.492 e. The highest BCUT2D eigenvalue weighted by molar-refractivity contribution is 7.92. The Hall–Kier alpha value is -1.76. The molecule has 1 aromatic carbocycles. The van der Waals surface area contributed by atoms with Crippen LogP contribution in [0.5, 0.6) is 5.75 Å². The molecule has 0 aliphatic carbocycles. The molecule has 0 heterocycles. The zero-order chi connectivity index (χ0) is 14.3. The zero-order valence-electron chi connectivity index (χ0n) is 10.7. The number of nitrogens with two attached hydrogens (primary N) is 1. The molecular weight excluding hydrogens is 270 g/mol. The van der Waals surface area contributed by atoms with E-state index in [9.17, 15) is 13.2 Å². The Labute approximate surface area is 112 Å². The van der Waals surface area contributed by atoms with Crippen LogP contribution in [0.3, 0.4) is 0 Å². The van der Waals surface area contributed by atoms with Gasteiger partial charge >= 0.3 is 5.97 Å². The number of sulfone groups is 1. The topological polar surface area (TPSA) is 95.7 Å². The van der Waals surface area contributed by atoms with Crippen molar-refractivity contribution in [3.05, 3.63) is 24.3 Å². The summed E-state index contributed by atoms with van der Waals surface area (Å²) in [6.07, 6.45) is 0. The van der Waals surface area contributed by atoms with Crippen LogP contribution in [0.25, 0.3) is 0 Å². The molecule has 2 N–H and O–H groups in total. The Balaban J connectivity index is 2.41. The van der Waals surface area contributed by atoms with Crippen LogP contribution in [-0.2, 0) is 19.4 Å². The highest BCUT2D eigenvalue weighted by Crippen LogP contribution is 2.14. The summed E-state index contributed by atoms with van der Waals surface area (Å²) >= 11 is 0. The second-order valence-electron chi connectivity index (χ2n) is 3.82. The molecule has 0 aromatic heterocycles. The molecule has 0 fully saturated rings. The molecule has 0 aliphatic heterocycles. The second kappa shape index (κ2) is 6.98. The number of benzene rings is 1. The first-order valence-electron chi connectivity index (χ1n) is 5.77. The van der Waals surface area contributed by atoms with Crippen LogP contribution in [-0.4, -0.2) is 39.1 Å². The molecular formula is C12H17NO5S. The van der Waals surface area contributed by atoms with Gasteiger partial charge in [0.05, 0.1) is 12.4 Å². The lowest BCUT2D eigenvalue weighted by Gasteiger charge is -2.07. The zero-order valence-corrected chi connectivity index (χ0v) is 11.5. The molecule has 7 heteroatoms. The summed E-state index contributed by atoms with van der Waals surface area (Å²) in [5, 5.41) is 0. The molecule has 106 valence electrons. The van der Waals surface area contributed by atoms with Gasteiger partial charge < -0.3 is 15.2 Å². The summed E-state index contributed by atoms with van der Waals surface area (Å²) in [4.78, 5) is 11.1. The molecule has 0 unspecified atom stereocenters. The Morgan fingerprint density at radius 2 is 2.11 bits per heavy atom. The van der Waals surface area contributed by atoms with Gasteiger partial charge in [-0.15, -0.1) is 0 Å². The minimum absolute atomic E-state index is 0.0365. The molecule has 0 amide bonds. The van der Waals surface area contributed by atoms with E-state index in [1.165, 1.54) is 0 Å². The predicted molar refractivity (Wildman–Crippen MR) is 71.6 cm³/mol. The first-order valence-corrected chi connectivity index (χ1v) is 7.59. The van der Waals surface area contributed by atoms with Gasteiger partial charge in [-0.05, 0) is 19.1 Å². The van der Waals surface area contributed by atoms with Crippen molar-refractivity contribution in [2.24, 2.45) is 0 Å². The monoisotopic (exact) mass is 287 g/mol. The SMILES string of the molecule is CCOC(=O)CS(=O)(=O)CCOc1cccc(N)c1. The lowest BCUT2D eigenvalue weighted by atomic mass is 10.3. The standard InChI is InChI=1S/C12H17NO5S/c1-2-17-12(14)9-19(15,16)7-6-18-11-5-3-4-10(13)8-11/h3-5,8H,2,6-7,9,13H2,1H3. The van der Waals surface area contributed by atoms with Crippen molar-refractivity contribution in [3.63, 3.8) is 0 Å². The average molecular weight is 287 g/mol. The average Bonchev–Trinajstić information content (AvgIpc) is 2.28. The van der Waals surface area contributed by atoms with Crippen LogP contribution >= 0.6 is 0 Å². The Kier molecular flexibility index (Phi) is 5.62. The Bertz CT molecular complexity index is 527. The lowest BCUT2D eigenvalue weighted by Crippen LogP contribution is -2.23. The molecule has 1 aromatic rings. The summed E-state index contributed by atoms with van der Waals surface area (Å²) in [6, 6.07) is 6.68. The van der Waals surface area contributed by atoms with Gasteiger partial charge in [-0.1, -0.05) is 6.07 Å². The summed E-state index contributed by atoms with van der Waals surface area (Å²) in [5.41, 5.74) is 6.09. The molecule has 0 radical (unpaired) electrons. The third-order valence-electron chi connectivity index (χ3n) is 2.16. The molecule has 19 heavy (non-hydrogen) atoms. The molecule has 1 rings (SSSR count). The van der Waals surface area contributed by atoms with E-state index in [2.05, 4.69) is 4.74 Å². The number of ether oxygens (including phenoxy) is 2. The van der Waals surface area contributed by atoms with Gasteiger partial charge in [0.2, 0.25) is 0 Å². The predicted octanol–water partition coefficient (Wildman–Crippen LogP) is 0.625. The number of rotatable bonds is 7. The summed E-state index contributed by atoms with van der Waals surface area (Å²) in [6.45, 7) is 1.74. The van der Waals surface area contributed by atoms with Gasteiger partial charge in [-0.2, -0.15) is 0 Å². The number of esters is 1. The van der Waals surface area contributed by atoms with Crippen molar-refractivity contribution in [2.75, 3.05) is 30.5 Å². The van der Waals surface area contributed by atoms with Crippen LogP contribution in [0.1, 0.15) is 6.92 Å². The number of anilines is 1. The molecule has 0 spiro atoms. The highest BCUT2D eigenvalue weighted by atomic mass is 32.2. The van der Waals surface area contributed by atoms with E-state index in [0.717, 1.165) is 0 Å². The van der Waals surface area contributed by atoms with Crippen molar-refractivity contribution < 1.29 is 22.7 Å². The molecule has 6 nitrogen and oxygen atoms in total. The number of hydrogen-bond acceptors (Lipinski definition) is 6. The van der Waals surface area contributed by atoms with Gasteiger partial charge in [-0.3, -0.25) is 4.79 Å². The van der Waals surface area contributed by atoms with Crippen LogP contribution in [0.15, 0.2) is 24.3 Å². The summed E-state index contributed by atoms with van der Waals surface area (Å²) < 4.78 is 33.0. The van der Waals surface area contributed by atoms with Gasteiger partial charge in [0.15, 0.2) is 9.84 Å². The van der Waals surface area contributed by atoms with Gasteiger partial charge in [0.25, 0.3) is 0 Å². The fourth-order valence-electron chi connectivity index (χ4n) is 1.35. The maximum absolute atomic E-state index is 11.6. The lowest BCUT2D eigenvalue weighted by molar-refractivity contribution is -0.139. The number of hydrogen-bond donors (Lipinski definition) is 1. The Morgan fingerprint density at radius 3 is 2.74 bits per heavy atom. The minimum Gasteiger partial charge on any atom is -0.492 e. The van der Waals surface area contributed by atoms with E-state index in [4.69, 9.17) is 10.5 Å². The number of carbonyl (C=O) groups excluding carboxylic acids is 1. The highest BCUT2D eigenvalue weighted by Gasteiger charge is 2.17. The third kappa shape index (κ3) is 6.10. The van der Waals surface area contributed by atoms with Crippen molar-refractivity contribution >= 4 is 21.5 Å². The van der Waals surface area contributed by atoms with Crippen LogP contribution in [0.4, 0.5) is 5.69 Å². The fourth-order valence-corrected chi connectivity index (χ4v) is 2.27. The van der Waals surface area contributed by atoms with Gasteiger partial charge in [-0.25, -0.2) is 8.42 Å². The smallest absolute Gasteiger partial charge is 0.321 e. The quantitative estimate of drug-likeness (QED) is 0.583. The minimum atomic E-state index is -3.51. The molecule has 0 aliphatic rings. The van der Waals surface area contributed by atoms with Crippen LogP contribution in [0, 0.1) is 0 Å². The van der Waals surface area contributed by atoms with E-state index in [0.29, 0.717) is 11.4 Å². The number of nitrogen functional groups attached to an aromatic ring is 1. The van der Waals surface area contributed by atoms with Crippen molar-refractivity contribution in [3.8, 4) is 5.75 Å². The summed E-state index contributed by atoms with van der Waals surface area (Å²) in [5.74, 6) is -1.13. The van der Waals surface area contributed by atoms with Gasteiger partial charge in [0, 0.05) is 11.8 Å². The maximum Gasteiger partial charge on any atom is 0.321 e. The first-order chi connectivity index (χ1) is 8.93. The van der Waals surface area contributed by atoms with Crippen molar-refractivity contribution in [2.45, 2.75) is 6.92 Å². The fraction of sp³-hybridized carbons (Fsp3) is 0.417. The van der Waals surface area contributed by atoms with Crippen LogP contribution < -0.4 is 10.5 Å². The third-order valence-corrected chi connectivity index (χ3v) is 3.63. The second-order valence-corrected chi connectivity index (χ2v) is 6.00. The van der Waals surface area contributed by atoms with E-state index >= 15 is 0 Å². The molecule has 0 bridgehead atoms. The van der Waals surface area contributed by atoms with E-state index in [1.807, 2.05) is 0 Å². The molecule has 0 saturated heterocycles. The molecule has 0 saturated carbocycles. The first kappa shape index (κ1) is 15.3. The Morgan fingerprint density at radius 1 is 1.37 bits per heavy atom. The van der Waals surface area contributed by atoms with Gasteiger partial charge in [0.1, 0.15) is 18.1 Å². The van der Waals surface area contributed by atoms with E-state index < -0.39 is 21.6 Å². The summed E-state index contributed by atoms with van der Waals surface area (Å²) in [7, 11) is -3.51. The van der Waals surface area contributed by atoms with Crippen LogP contribution in [0.2, 0.25) is 0 Å². The molecule has 0 atom stereocenters. The maximum atomic E-state index is 11.6.